The number of nitrogens with one attached hydrogen (secondary N) is 1. The van der Waals surface area contributed by atoms with Crippen LogP contribution in [-0.2, 0) is 0 Å². The first-order valence-corrected chi connectivity index (χ1v) is 2.36. The van der Waals surface area contributed by atoms with E-state index >= 15 is 0 Å². The van der Waals surface area contributed by atoms with Crippen LogP contribution in [0.5, 0.6) is 0 Å². The van der Waals surface area contributed by atoms with Crippen molar-refractivity contribution in [2.24, 2.45) is 0 Å². The highest BCUT2D eigenvalue weighted by atomic mass is 27.0. The third-order valence-corrected chi connectivity index (χ3v) is 0.981. The molecule has 0 saturated heterocycles. The van der Waals surface area contributed by atoms with Gasteiger partial charge in [0, 0.05) is 0 Å². The molecule has 0 fully saturated rings. The second kappa shape index (κ2) is 1.51. The largest absolute Gasteiger partial charge is 0.383 e. The Bertz CT molecular complexity index is 111. The van der Waals surface area contributed by atoms with Crippen molar-refractivity contribution in [2.75, 3.05) is 0 Å². The Kier molecular flexibility index (Phi) is 1.00. The van der Waals surface area contributed by atoms with Crippen LogP contribution in [0.1, 0.15) is 0 Å². The number of hydrogen-bond donors (Lipinski definition) is 1. The van der Waals surface area contributed by atoms with E-state index in [4.69, 9.17) is 0 Å². The van der Waals surface area contributed by atoms with Gasteiger partial charge < -0.3 is 4.98 Å². The van der Waals surface area contributed by atoms with Crippen molar-refractivity contribution in [2.45, 2.75) is 0 Å². The van der Waals surface area contributed by atoms with Crippen molar-refractivity contribution >= 4 is 20.8 Å². The summed E-state index contributed by atoms with van der Waals surface area (Å²) >= 11 is 2.56. The van der Waals surface area contributed by atoms with Gasteiger partial charge in [0.05, 0.1) is 0 Å². The second-order valence-corrected chi connectivity index (χ2v) is 1.75. The number of aromatic amines is 1. The third kappa shape index (κ3) is 0.650. The fourth-order valence-corrected chi connectivity index (χ4v) is 0.552. The van der Waals surface area contributed by atoms with Crippen LogP contribution in [0, 0.1) is 0 Å². The number of aromatic nitrogens is 1. The summed E-state index contributed by atoms with van der Waals surface area (Å²) in [7, 11) is 0. The number of rotatable bonds is 0. The van der Waals surface area contributed by atoms with E-state index in [0.717, 1.165) is 4.56 Å². The zero-order chi connectivity index (χ0) is 4.41. The Balaban J connectivity index is 3.05. The molecule has 0 amide bonds. The highest BCUT2D eigenvalue weighted by Crippen LogP contribution is 1.68. The molecular formula is C4H4AlN. The standard InChI is InChI=1S/C4H4N.Al/c1-2-4-5-3-1;/h1-3,5H;. The summed E-state index contributed by atoms with van der Waals surface area (Å²) in [4.78, 5) is 2.96. The van der Waals surface area contributed by atoms with Crippen molar-refractivity contribution in [3.05, 3.63) is 18.3 Å². The summed E-state index contributed by atoms with van der Waals surface area (Å²) in [6.07, 6.45) is 1.89. The highest BCUT2D eigenvalue weighted by Gasteiger charge is 1.71. The molecule has 0 spiro atoms. The summed E-state index contributed by atoms with van der Waals surface area (Å²) in [6, 6.07) is 3.95. The molecule has 0 saturated carbocycles. The monoisotopic (exact) mass is 93.0 g/mol. The molecule has 1 rings (SSSR count). The Hall–Kier alpha value is -0.188. The molecule has 2 heteroatoms. The van der Waals surface area contributed by atoms with Gasteiger partial charge in [0.15, 0.2) is 0 Å². The first-order valence-electron chi connectivity index (χ1n) is 1.78. The van der Waals surface area contributed by atoms with Gasteiger partial charge in [0.2, 0.25) is 16.3 Å². The summed E-state index contributed by atoms with van der Waals surface area (Å²) in [5.41, 5.74) is 0. The Morgan fingerprint density at radius 3 is 2.67 bits per heavy atom. The van der Waals surface area contributed by atoms with Crippen LogP contribution < -0.4 is 4.56 Å². The van der Waals surface area contributed by atoms with Crippen molar-refractivity contribution in [1.29, 1.82) is 0 Å². The topological polar surface area (TPSA) is 15.8 Å². The average Bonchev–Trinajstić information content (AvgIpc) is 1.86. The van der Waals surface area contributed by atoms with E-state index in [9.17, 15) is 0 Å². The second-order valence-electron chi connectivity index (χ2n) is 1.13. The first-order chi connectivity index (χ1) is 2.89. The van der Waals surface area contributed by atoms with E-state index in [2.05, 4.69) is 21.3 Å². The Morgan fingerprint density at radius 2 is 2.50 bits per heavy atom. The van der Waals surface area contributed by atoms with E-state index in [1.807, 2.05) is 18.3 Å². The van der Waals surface area contributed by atoms with Gasteiger partial charge in [-0.1, -0.05) is 10.6 Å². The van der Waals surface area contributed by atoms with E-state index in [0.29, 0.717) is 0 Å². The fraction of sp³-hybridized carbons (Fsp3) is 0. The van der Waals surface area contributed by atoms with E-state index in [1.54, 1.807) is 0 Å². The van der Waals surface area contributed by atoms with Gasteiger partial charge in [0.1, 0.15) is 0 Å². The minimum absolute atomic E-state index is 1.13. The predicted molar refractivity (Wildman–Crippen MR) is 26.2 cm³/mol. The SMILES string of the molecule is [Al][c]1ccc[nH]1. The normalized spacial score (nSPS) is 8.67. The minimum Gasteiger partial charge on any atom is -0.383 e. The Morgan fingerprint density at radius 1 is 1.67 bits per heavy atom. The van der Waals surface area contributed by atoms with Crippen molar-refractivity contribution in [3.8, 4) is 0 Å². The molecule has 1 heterocycles. The van der Waals surface area contributed by atoms with E-state index in [-0.39, 0.29) is 0 Å². The molecule has 0 aliphatic carbocycles. The van der Waals surface area contributed by atoms with Gasteiger partial charge in [-0.15, -0.1) is 0 Å². The van der Waals surface area contributed by atoms with Crippen LogP contribution in [0.3, 0.4) is 0 Å². The fourth-order valence-electron chi connectivity index (χ4n) is 0.344. The van der Waals surface area contributed by atoms with Gasteiger partial charge >= 0.3 is 0 Å². The summed E-state index contributed by atoms with van der Waals surface area (Å²) < 4.78 is 1.13. The lowest BCUT2D eigenvalue weighted by molar-refractivity contribution is 1.47. The third-order valence-electron chi connectivity index (χ3n) is 0.622. The zero-order valence-corrected chi connectivity index (χ0v) is 4.46. The minimum atomic E-state index is 1.13. The summed E-state index contributed by atoms with van der Waals surface area (Å²) in [6.45, 7) is 0. The molecule has 1 nitrogen and oxygen atoms in total. The molecule has 28 valence electrons. The smallest absolute Gasteiger partial charge is 0.205 e. The van der Waals surface area contributed by atoms with Crippen LogP contribution >= 0.6 is 0 Å². The van der Waals surface area contributed by atoms with Gasteiger partial charge in [-0.3, -0.25) is 0 Å². The maximum atomic E-state index is 2.96. The van der Waals surface area contributed by atoms with Gasteiger partial charge in [-0.25, -0.2) is 0 Å². The molecule has 0 aliphatic rings. The maximum absolute atomic E-state index is 2.96. The molecule has 0 aliphatic heterocycles. The molecular weight excluding hydrogens is 89.0 g/mol. The van der Waals surface area contributed by atoms with Crippen LogP contribution in [0.4, 0.5) is 0 Å². The van der Waals surface area contributed by atoms with Crippen molar-refractivity contribution in [1.82, 2.24) is 4.98 Å². The molecule has 1 N–H and O–H groups in total. The highest BCUT2D eigenvalue weighted by molar-refractivity contribution is 6.30. The number of hydrogen-bond acceptors (Lipinski definition) is 0. The van der Waals surface area contributed by atoms with Crippen molar-refractivity contribution in [3.63, 3.8) is 0 Å². The molecule has 1 aromatic heterocycles. The molecule has 0 atom stereocenters. The zero-order valence-electron chi connectivity index (χ0n) is 3.31. The lowest BCUT2D eigenvalue weighted by atomic mass is 10.7. The van der Waals surface area contributed by atoms with Crippen LogP contribution in [0.2, 0.25) is 0 Å². The van der Waals surface area contributed by atoms with Gasteiger partial charge in [0.25, 0.3) is 0 Å². The van der Waals surface area contributed by atoms with Crippen LogP contribution in [0.15, 0.2) is 18.3 Å². The molecule has 0 bridgehead atoms. The number of H-pyrrole nitrogens is 1. The maximum Gasteiger partial charge on any atom is 0.205 e. The first kappa shape index (κ1) is 3.98. The van der Waals surface area contributed by atoms with Gasteiger partial charge in [-0.2, -0.15) is 0 Å². The quantitative estimate of drug-likeness (QED) is 0.428. The Labute approximate surface area is 44.8 Å². The lowest BCUT2D eigenvalue weighted by Crippen LogP contribution is -1.98. The molecule has 0 aromatic carbocycles. The van der Waals surface area contributed by atoms with Crippen LogP contribution in [0.25, 0.3) is 0 Å². The summed E-state index contributed by atoms with van der Waals surface area (Å²) in [5, 5.41) is 0. The average molecular weight is 93.1 g/mol. The van der Waals surface area contributed by atoms with E-state index < -0.39 is 0 Å². The van der Waals surface area contributed by atoms with Crippen molar-refractivity contribution < 1.29 is 0 Å². The summed E-state index contributed by atoms with van der Waals surface area (Å²) in [5.74, 6) is 0. The van der Waals surface area contributed by atoms with Crippen LogP contribution in [-0.4, -0.2) is 21.3 Å². The van der Waals surface area contributed by atoms with E-state index in [1.165, 1.54) is 0 Å². The lowest BCUT2D eigenvalue weighted by Gasteiger charge is -1.72. The molecule has 1 aromatic rings. The van der Waals surface area contributed by atoms with Gasteiger partial charge in [-0.05, 0) is 12.3 Å². The molecule has 6 heavy (non-hydrogen) atoms. The molecule has 0 unspecified atom stereocenters. The predicted octanol–water partition coefficient (Wildman–Crippen LogP) is -0.191. The molecule has 2 radical (unpaired) electrons.